The minimum absolute atomic E-state index is 0.161. The highest BCUT2D eigenvalue weighted by Gasteiger charge is 2.24. The molecule has 0 radical (unpaired) electrons. The number of ether oxygens (including phenoxy) is 1. The van der Waals surface area contributed by atoms with E-state index in [4.69, 9.17) is 9.15 Å². The molecule has 1 N–H and O–H groups in total. The van der Waals surface area contributed by atoms with Crippen molar-refractivity contribution in [3.8, 4) is 11.5 Å². The molecule has 1 fully saturated rings. The van der Waals surface area contributed by atoms with Crippen LogP contribution in [0.25, 0.3) is 22.4 Å². The first-order valence-corrected chi connectivity index (χ1v) is 11.0. The lowest BCUT2D eigenvalue weighted by atomic mass is 10.0. The van der Waals surface area contributed by atoms with Gasteiger partial charge >= 0.3 is 0 Å². The van der Waals surface area contributed by atoms with E-state index in [1.807, 2.05) is 36.4 Å². The average Bonchev–Trinajstić information content (AvgIpc) is 3.39. The van der Waals surface area contributed by atoms with Crippen LogP contribution >= 0.6 is 0 Å². The van der Waals surface area contributed by atoms with Gasteiger partial charge in [-0.05, 0) is 42.0 Å². The number of para-hydroxylation sites is 1. The van der Waals surface area contributed by atoms with Crippen molar-refractivity contribution in [1.29, 1.82) is 0 Å². The lowest BCUT2D eigenvalue weighted by molar-refractivity contribution is 0.0162. The SMILES string of the molecule is O=C(NCC(c1cccc(F)c1)N1CCOCC1)c1cc(-c2ccco2)nc2ccccc12. The number of morpholine rings is 1. The van der Waals surface area contributed by atoms with Crippen LogP contribution in [-0.4, -0.2) is 48.6 Å². The van der Waals surface area contributed by atoms with Crippen LogP contribution in [0.4, 0.5) is 4.39 Å². The molecule has 0 saturated carbocycles. The summed E-state index contributed by atoms with van der Waals surface area (Å²) in [7, 11) is 0. The van der Waals surface area contributed by atoms with Crippen molar-refractivity contribution in [2.75, 3.05) is 32.8 Å². The van der Waals surface area contributed by atoms with Gasteiger partial charge in [-0.25, -0.2) is 9.37 Å². The number of rotatable bonds is 6. The van der Waals surface area contributed by atoms with Crippen molar-refractivity contribution in [3.05, 3.63) is 89.9 Å². The number of pyridine rings is 1. The average molecular weight is 445 g/mol. The zero-order valence-electron chi connectivity index (χ0n) is 18.0. The number of benzene rings is 2. The topological polar surface area (TPSA) is 67.6 Å². The monoisotopic (exact) mass is 445 g/mol. The van der Waals surface area contributed by atoms with E-state index in [-0.39, 0.29) is 17.8 Å². The third kappa shape index (κ3) is 4.65. The highest BCUT2D eigenvalue weighted by Crippen LogP contribution is 2.26. The molecule has 168 valence electrons. The van der Waals surface area contributed by atoms with Crippen molar-refractivity contribution in [2.45, 2.75) is 6.04 Å². The molecular formula is C26H24FN3O3. The van der Waals surface area contributed by atoms with Gasteiger partial charge in [0.2, 0.25) is 0 Å². The number of carbonyl (C=O) groups is 1. The van der Waals surface area contributed by atoms with Crippen molar-refractivity contribution < 1.29 is 18.3 Å². The number of hydrogen-bond donors (Lipinski definition) is 1. The van der Waals surface area contributed by atoms with Crippen LogP contribution in [-0.2, 0) is 4.74 Å². The van der Waals surface area contributed by atoms with E-state index in [9.17, 15) is 9.18 Å². The Balaban J connectivity index is 1.44. The first kappa shape index (κ1) is 21.3. The smallest absolute Gasteiger partial charge is 0.252 e. The number of carbonyl (C=O) groups excluding carboxylic acids is 1. The van der Waals surface area contributed by atoms with Gasteiger partial charge in [-0.3, -0.25) is 9.69 Å². The van der Waals surface area contributed by atoms with Crippen LogP contribution in [0.1, 0.15) is 22.0 Å². The number of furan rings is 1. The summed E-state index contributed by atoms with van der Waals surface area (Å²) in [5, 5.41) is 3.84. The van der Waals surface area contributed by atoms with E-state index in [1.54, 1.807) is 24.5 Å². The summed E-state index contributed by atoms with van der Waals surface area (Å²) >= 11 is 0. The molecule has 2 aromatic heterocycles. The number of nitrogens with zero attached hydrogens (tertiary/aromatic N) is 2. The van der Waals surface area contributed by atoms with Crippen molar-refractivity contribution in [2.24, 2.45) is 0 Å². The molecule has 0 bridgehead atoms. The zero-order chi connectivity index (χ0) is 22.6. The van der Waals surface area contributed by atoms with Gasteiger partial charge in [-0.1, -0.05) is 30.3 Å². The van der Waals surface area contributed by atoms with Gasteiger partial charge in [0.15, 0.2) is 5.76 Å². The van der Waals surface area contributed by atoms with Gasteiger partial charge in [0.25, 0.3) is 5.91 Å². The van der Waals surface area contributed by atoms with Gasteiger partial charge in [0.05, 0.1) is 36.6 Å². The second-order valence-electron chi connectivity index (χ2n) is 7.98. The molecule has 1 amide bonds. The Morgan fingerprint density at radius 1 is 1.06 bits per heavy atom. The molecule has 0 aliphatic carbocycles. The molecule has 4 aromatic rings. The van der Waals surface area contributed by atoms with Crippen molar-refractivity contribution in [3.63, 3.8) is 0 Å². The molecule has 33 heavy (non-hydrogen) atoms. The summed E-state index contributed by atoms with van der Waals surface area (Å²) < 4.78 is 24.9. The summed E-state index contributed by atoms with van der Waals surface area (Å²) in [6, 6.07) is 19.3. The summed E-state index contributed by atoms with van der Waals surface area (Å²) in [5.74, 6) is 0.0946. The molecule has 1 unspecified atom stereocenters. The Morgan fingerprint density at radius 2 is 1.91 bits per heavy atom. The predicted molar refractivity (Wildman–Crippen MR) is 123 cm³/mol. The van der Waals surface area contributed by atoms with Crippen molar-refractivity contribution in [1.82, 2.24) is 15.2 Å². The van der Waals surface area contributed by atoms with Crippen LogP contribution in [0.3, 0.4) is 0 Å². The van der Waals surface area contributed by atoms with E-state index in [0.717, 1.165) is 24.0 Å². The van der Waals surface area contributed by atoms with Crippen LogP contribution in [0, 0.1) is 5.82 Å². The fourth-order valence-corrected chi connectivity index (χ4v) is 4.26. The van der Waals surface area contributed by atoms with Gasteiger partial charge < -0.3 is 14.5 Å². The van der Waals surface area contributed by atoms with Crippen LogP contribution in [0.2, 0.25) is 0 Å². The highest BCUT2D eigenvalue weighted by atomic mass is 19.1. The number of hydrogen-bond acceptors (Lipinski definition) is 5. The maximum absolute atomic E-state index is 14.0. The molecule has 5 rings (SSSR count). The van der Waals surface area contributed by atoms with Crippen LogP contribution < -0.4 is 5.32 Å². The number of aromatic nitrogens is 1. The maximum atomic E-state index is 14.0. The predicted octanol–water partition coefficient (Wildman–Crippen LogP) is 4.44. The van der Waals surface area contributed by atoms with Gasteiger partial charge in [-0.2, -0.15) is 0 Å². The Labute approximate surface area is 191 Å². The van der Waals surface area contributed by atoms with E-state index in [2.05, 4.69) is 15.2 Å². The summed E-state index contributed by atoms with van der Waals surface area (Å²) in [6.07, 6.45) is 1.58. The number of fused-ring (bicyclic) bond motifs is 1. The second kappa shape index (κ2) is 9.52. The fraction of sp³-hybridized carbons (Fsp3) is 0.231. The molecule has 6 nitrogen and oxygen atoms in total. The molecule has 1 atom stereocenters. The number of nitrogens with one attached hydrogen (secondary N) is 1. The van der Waals surface area contributed by atoms with Crippen LogP contribution in [0.5, 0.6) is 0 Å². The Morgan fingerprint density at radius 3 is 2.70 bits per heavy atom. The van der Waals surface area contributed by atoms with Gasteiger partial charge in [-0.15, -0.1) is 0 Å². The first-order valence-electron chi connectivity index (χ1n) is 11.0. The fourth-order valence-electron chi connectivity index (χ4n) is 4.26. The minimum atomic E-state index is -0.291. The summed E-state index contributed by atoms with van der Waals surface area (Å²) in [4.78, 5) is 20.2. The molecule has 1 aliphatic heterocycles. The standard InChI is InChI=1S/C26H24FN3O3/c27-19-6-3-5-18(15-19)24(30-10-13-32-14-11-30)17-28-26(31)21-16-23(25-9-4-12-33-25)29-22-8-2-1-7-20(21)22/h1-9,12,15-16,24H,10-11,13-14,17H2,(H,28,31). The quantitative estimate of drug-likeness (QED) is 0.475. The Hall–Kier alpha value is -3.55. The third-order valence-electron chi connectivity index (χ3n) is 5.91. The van der Waals surface area contributed by atoms with Gasteiger partial charge in [0.1, 0.15) is 11.5 Å². The Bertz CT molecular complexity index is 1250. The Kier molecular flexibility index (Phi) is 6.15. The van der Waals surface area contributed by atoms with Crippen LogP contribution in [0.15, 0.2) is 77.4 Å². The molecule has 1 saturated heterocycles. The number of halogens is 1. The molecule has 7 heteroatoms. The number of amides is 1. The lowest BCUT2D eigenvalue weighted by Crippen LogP contribution is -2.43. The van der Waals surface area contributed by atoms with E-state index < -0.39 is 0 Å². The molecule has 0 spiro atoms. The highest BCUT2D eigenvalue weighted by molar-refractivity contribution is 6.07. The summed E-state index contributed by atoms with van der Waals surface area (Å²) in [5.41, 5.74) is 2.66. The molecule has 1 aliphatic rings. The first-order chi connectivity index (χ1) is 16.2. The van der Waals surface area contributed by atoms with Crippen molar-refractivity contribution >= 4 is 16.8 Å². The second-order valence-corrected chi connectivity index (χ2v) is 7.98. The molecular weight excluding hydrogens is 421 g/mol. The largest absolute Gasteiger partial charge is 0.463 e. The van der Waals surface area contributed by atoms with Gasteiger partial charge in [0, 0.05) is 25.0 Å². The van der Waals surface area contributed by atoms with E-state index >= 15 is 0 Å². The van der Waals surface area contributed by atoms with E-state index in [1.165, 1.54) is 12.1 Å². The zero-order valence-corrected chi connectivity index (χ0v) is 18.0. The van der Waals surface area contributed by atoms with E-state index in [0.29, 0.717) is 42.3 Å². The minimum Gasteiger partial charge on any atom is -0.463 e. The third-order valence-corrected chi connectivity index (χ3v) is 5.91. The summed E-state index contributed by atoms with van der Waals surface area (Å²) in [6.45, 7) is 3.01. The lowest BCUT2D eigenvalue weighted by Gasteiger charge is -2.35. The molecule has 2 aromatic carbocycles. The maximum Gasteiger partial charge on any atom is 0.252 e. The molecule has 3 heterocycles. The normalized spacial score (nSPS) is 15.4.